The largest absolute Gasteiger partial charge is 0.378 e. The Morgan fingerprint density at radius 1 is 1.25 bits per heavy atom. The number of aryl methyl sites for hydroxylation is 1. The molecule has 0 aliphatic rings. The highest BCUT2D eigenvalue weighted by atomic mass is 32.1. The summed E-state index contributed by atoms with van der Waals surface area (Å²) in [7, 11) is 4.03. The van der Waals surface area contributed by atoms with Crippen molar-refractivity contribution in [3.8, 4) is 11.3 Å². The summed E-state index contributed by atoms with van der Waals surface area (Å²) in [4.78, 5) is 19.8. The molecule has 0 fully saturated rings. The van der Waals surface area contributed by atoms with Gasteiger partial charge in [-0.1, -0.05) is 12.6 Å². The summed E-state index contributed by atoms with van der Waals surface area (Å²) in [6, 6.07) is 10.0. The number of thiophene rings is 1. The molecule has 0 amide bonds. The van der Waals surface area contributed by atoms with E-state index in [2.05, 4.69) is 40.0 Å². The maximum atomic E-state index is 11.4. The van der Waals surface area contributed by atoms with Crippen LogP contribution in [0.2, 0.25) is 0 Å². The number of thiol groups is 1. The van der Waals surface area contributed by atoms with Crippen LogP contribution < -0.4 is 10.2 Å². The standard InChI is InChI=1S/C17H17N3OS3/c1-10-13(8-15(24-10)16(21)22)14-9-23-17(19-14)18-11-4-6-12(7-5-11)20(2)3/h4-9H,1-3H3,(H,18,19)(H,21,22). The summed E-state index contributed by atoms with van der Waals surface area (Å²) < 4.78 is 0. The van der Waals surface area contributed by atoms with Crippen molar-refractivity contribution in [1.29, 1.82) is 0 Å². The first kappa shape index (κ1) is 17.0. The number of hydrogen-bond donors (Lipinski definition) is 2. The topological polar surface area (TPSA) is 45.2 Å². The van der Waals surface area contributed by atoms with E-state index < -0.39 is 0 Å². The maximum Gasteiger partial charge on any atom is 0.226 e. The Labute approximate surface area is 154 Å². The fraction of sp³-hybridized carbons (Fsp3) is 0.176. The second kappa shape index (κ2) is 6.96. The second-order valence-corrected chi connectivity index (χ2v) is 8.01. The van der Waals surface area contributed by atoms with Crippen LogP contribution >= 0.6 is 35.3 Å². The Hall–Kier alpha value is -1.83. The van der Waals surface area contributed by atoms with E-state index in [0.717, 1.165) is 32.6 Å². The van der Waals surface area contributed by atoms with Crippen molar-refractivity contribution in [2.24, 2.45) is 0 Å². The molecule has 3 aromatic rings. The number of carbonyl (C=O) groups excluding carboxylic acids is 1. The van der Waals surface area contributed by atoms with E-state index in [-0.39, 0.29) is 5.12 Å². The molecule has 0 aliphatic carbocycles. The predicted octanol–water partition coefficient (Wildman–Crippen LogP) is 5.06. The fourth-order valence-electron chi connectivity index (χ4n) is 2.26. The third kappa shape index (κ3) is 3.63. The summed E-state index contributed by atoms with van der Waals surface area (Å²) in [5.74, 6) is 0. The lowest BCUT2D eigenvalue weighted by Gasteiger charge is -2.12. The first-order valence-corrected chi connectivity index (χ1v) is 9.42. The molecular formula is C17H17N3OS3. The summed E-state index contributed by atoms with van der Waals surface area (Å²) in [6.07, 6.45) is 0. The number of carbonyl (C=O) groups is 1. The third-order valence-electron chi connectivity index (χ3n) is 3.54. The number of nitrogens with one attached hydrogen (secondary N) is 1. The summed E-state index contributed by atoms with van der Waals surface area (Å²) in [6.45, 7) is 1.99. The van der Waals surface area contributed by atoms with Crippen LogP contribution in [-0.4, -0.2) is 24.2 Å². The number of nitrogens with zero attached hydrogens (tertiary/aromatic N) is 2. The van der Waals surface area contributed by atoms with Gasteiger partial charge >= 0.3 is 0 Å². The van der Waals surface area contributed by atoms with Crippen molar-refractivity contribution < 1.29 is 4.79 Å². The van der Waals surface area contributed by atoms with Gasteiger partial charge in [-0.25, -0.2) is 4.98 Å². The molecule has 4 nitrogen and oxygen atoms in total. The molecule has 2 aromatic heterocycles. The van der Waals surface area contributed by atoms with Gasteiger partial charge < -0.3 is 10.2 Å². The van der Waals surface area contributed by atoms with Gasteiger partial charge in [-0.15, -0.1) is 22.7 Å². The van der Waals surface area contributed by atoms with Gasteiger partial charge in [-0.2, -0.15) is 0 Å². The molecular weight excluding hydrogens is 358 g/mol. The molecule has 1 N–H and O–H groups in total. The van der Waals surface area contributed by atoms with E-state index in [1.165, 1.54) is 11.3 Å². The lowest BCUT2D eigenvalue weighted by atomic mass is 10.2. The maximum absolute atomic E-state index is 11.4. The van der Waals surface area contributed by atoms with Crippen LogP contribution in [0.25, 0.3) is 11.3 Å². The normalized spacial score (nSPS) is 10.7. The van der Waals surface area contributed by atoms with Gasteiger partial charge in [0.1, 0.15) is 0 Å². The molecule has 3 rings (SSSR count). The van der Waals surface area contributed by atoms with Crippen molar-refractivity contribution in [2.75, 3.05) is 24.3 Å². The van der Waals surface area contributed by atoms with Crippen molar-refractivity contribution in [3.05, 3.63) is 45.5 Å². The van der Waals surface area contributed by atoms with Gasteiger partial charge in [-0.3, -0.25) is 4.79 Å². The van der Waals surface area contributed by atoms with Crippen LogP contribution in [0.3, 0.4) is 0 Å². The first-order valence-electron chi connectivity index (χ1n) is 7.28. The molecule has 0 unspecified atom stereocenters. The van der Waals surface area contributed by atoms with Gasteiger partial charge in [0.25, 0.3) is 0 Å². The van der Waals surface area contributed by atoms with E-state index >= 15 is 0 Å². The number of thiazole rings is 1. The number of aromatic nitrogens is 1. The Morgan fingerprint density at radius 2 is 1.96 bits per heavy atom. The van der Waals surface area contributed by atoms with Gasteiger partial charge in [0, 0.05) is 41.3 Å². The third-order valence-corrected chi connectivity index (χ3v) is 5.74. The van der Waals surface area contributed by atoms with Crippen LogP contribution in [0, 0.1) is 6.92 Å². The zero-order valence-corrected chi connectivity index (χ0v) is 16.1. The monoisotopic (exact) mass is 375 g/mol. The lowest BCUT2D eigenvalue weighted by Crippen LogP contribution is -2.08. The highest BCUT2D eigenvalue weighted by molar-refractivity contribution is 7.97. The summed E-state index contributed by atoms with van der Waals surface area (Å²) in [5.41, 5.74) is 4.01. The van der Waals surface area contributed by atoms with Crippen LogP contribution in [-0.2, 0) is 0 Å². The lowest BCUT2D eigenvalue weighted by molar-refractivity contribution is 0.109. The minimum atomic E-state index is -0.205. The number of rotatable bonds is 5. The fourth-order valence-corrected chi connectivity index (χ4v) is 4.06. The van der Waals surface area contributed by atoms with E-state index in [4.69, 9.17) is 0 Å². The molecule has 0 spiro atoms. The zero-order valence-electron chi connectivity index (χ0n) is 13.5. The minimum absolute atomic E-state index is 0.205. The van der Waals surface area contributed by atoms with Crippen molar-refractivity contribution >= 4 is 56.9 Å². The molecule has 0 radical (unpaired) electrons. The number of anilines is 3. The molecule has 1 aromatic carbocycles. The van der Waals surface area contributed by atoms with Crippen molar-refractivity contribution in [1.82, 2.24) is 4.98 Å². The number of benzene rings is 1. The van der Waals surface area contributed by atoms with Gasteiger partial charge in [0.05, 0.1) is 10.6 Å². The highest BCUT2D eigenvalue weighted by Gasteiger charge is 2.14. The SMILES string of the molecule is Cc1sc(C(=O)S)cc1-c1csc(Nc2ccc(N(C)C)cc2)n1. The zero-order chi connectivity index (χ0) is 17.3. The van der Waals surface area contributed by atoms with Gasteiger partial charge in [0.2, 0.25) is 5.12 Å². The molecule has 2 heterocycles. The average Bonchev–Trinajstić information content (AvgIpc) is 3.14. The molecule has 7 heteroatoms. The molecule has 0 saturated carbocycles. The minimum Gasteiger partial charge on any atom is -0.378 e. The summed E-state index contributed by atoms with van der Waals surface area (Å²) in [5, 5.41) is 5.94. The van der Waals surface area contributed by atoms with Crippen LogP contribution in [0.5, 0.6) is 0 Å². The molecule has 0 atom stereocenters. The molecule has 24 heavy (non-hydrogen) atoms. The van der Waals surface area contributed by atoms with E-state index in [9.17, 15) is 4.79 Å². The predicted molar refractivity (Wildman–Crippen MR) is 108 cm³/mol. The first-order chi connectivity index (χ1) is 11.4. The Balaban J connectivity index is 1.79. The quantitative estimate of drug-likeness (QED) is 0.612. The molecule has 0 aliphatic heterocycles. The average molecular weight is 376 g/mol. The second-order valence-electron chi connectivity index (χ2n) is 5.49. The van der Waals surface area contributed by atoms with E-state index in [0.29, 0.717) is 4.88 Å². The van der Waals surface area contributed by atoms with Crippen LogP contribution in [0.4, 0.5) is 16.5 Å². The van der Waals surface area contributed by atoms with Gasteiger partial charge in [-0.05, 0) is 37.3 Å². The Morgan fingerprint density at radius 3 is 2.54 bits per heavy atom. The molecule has 0 bridgehead atoms. The summed E-state index contributed by atoms with van der Waals surface area (Å²) >= 11 is 6.88. The van der Waals surface area contributed by atoms with Gasteiger partial charge in [0.15, 0.2) is 5.13 Å². The molecule has 124 valence electrons. The smallest absolute Gasteiger partial charge is 0.226 e. The number of hydrogen-bond acceptors (Lipinski definition) is 6. The Bertz CT molecular complexity index is 866. The van der Waals surface area contributed by atoms with E-state index in [1.807, 2.05) is 44.6 Å². The van der Waals surface area contributed by atoms with E-state index in [1.54, 1.807) is 11.3 Å². The Kier molecular flexibility index (Phi) is 4.93. The highest BCUT2D eigenvalue weighted by Crippen LogP contribution is 2.34. The molecule has 0 saturated heterocycles. The van der Waals surface area contributed by atoms with Crippen molar-refractivity contribution in [2.45, 2.75) is 6.92 Å². The van der Waals surface area contributed by atoms with Crippen molar-refractivity contribution in [3.63, 3.8) is 0 Å². The van der Waals surface area contributed by atoms with Crippen LogP contribution in [0.1, 0.15) is 14.5 Å². The van der Waals surface area contributed by atoms with Crippen LogP contribution in [0.15, 0.2) is 35.7 Å².